The van der Waals surface area contributed by atoms with E-state index in [2.05, 4.69) is 20.4 Å². The van der Waals surface area contributed by atoms with Gasteiger partial charge in [0.15, 0.2) is 0 Å². The molecule has 0 spiro atoms. The summed E-state index contributed by atoms with van der Waals surface area (Å²) in [5.41, 5.74) is 1.80. The lowest BCUT2D eigenvalue weighted by atomic mass is 10.3. The van der Waals surface area contributed by atoms with Gasteiger partial charge in [0.05, 0.1) is 17.1 Å². The molecule has 7 heteroatoms. The molecule has 0 saturated carbocycles. The average Bonchev–Trinajstić information content (AvgIpc) is 3.05. The quantitative estimate of drug-likeness (QED) is 0.721. The van der Waals surface area contributed by atoms with Gasteiger partial charge in [-0.2, -0.15) is 5.10 Å². The average molecular weight is 339 g/mol. The van der Waals surface area contributed by atoms with Crippen molar-refractivity contribution >= 4 is 16.9 Å². The number of amides is 1. The predicted molar refractivity (Wildman–Crippen MR) is 95.4 cm³/mol. The van der Waals surface area contributed by atoms with Crippen molar-refractivity contribution < 1.29 is 4.79 Å². The highest BCUT2D eigenvalue weighted by Gasteiger charge is 2.16. The van der Waals surface area contributed by atoms with Crippen LogP contribution in [0.1, 0.15) is 49.0 Å². The number of aromatic amines is 1. The number of H-pyrrole nitrogens is 1. The van der Waals surface area contributed by atoms with E-state index in [0.29, 0.717) is 12.4 Å². The number of aryl methyl sites for hydroxylation is 1. The number of aromatic nitrogens is 4. The van der Waals surface area contributed by atoms with Crippen LogP contribution in [0.3, 0.4) is 0 Å². The Morgan fingerprint density at radius 2 is 2.08 bits per heavy atom. The standard InChI is InChI=1S/C18H21N5O2/c1-3-4-11-23-16(24)10-9-15(22-23)18(25)19-12(2)17-20-13-7-5-6-8-14(13)21-17/h5-10,12H,3-4,11H2,1-2H3,(H,19,25)(H,20,21)/t12-/m1/s1. The Kier molecular flexibility index (Phi) is 4.92. The van der Waals surface area contributed by atoms with Crippen LogP contribution in [0.15, 0.2) is 41.2 Å². The van der Waals surface area contributed by atoms with Crippen LogP contribution in [0.4, 0.5) is 0 Å². The predicted octanol–water partition coefficient (Wildman–Crippen LogP) is 2.41. The van der Waals surface area contributed by atoms with E-state index in [-0.39, 0.29) is 23.2 Å². The number of hydrogen-bond donors (Lipinski definition) is 2. The van der Waals surface area contributed by atoms with Crippen LogP contribution >= 0.6 is 0 Å². The normalized spacial score (nSPS) is 12.2. The number of benzene rings is 1. The van der Waals surface area contributed by atoms with Crippen molar-refractivity contribution in [3.8, 4) is 0 Å². The molecule has 3 aromatic rings. The van der Waals surface area contributed by atoms with Gasteiger partial charge < -0.3 is 10.3 Å². The van der Waals surface area contributed by atoms with Crippen molar-refractivity contribution in [1.29, 1.82) is 0 Å². The highest BCUT2D eigenvalue weighted by Crippen LogP contribution is 2.15. The van der Waals surface area contributed by atoms with Crippen LogP contribution in [0.2, 0.25) is 0 Å². The summed E-state index contributed by atoms with van der Waals surface area (Å²) in [6.07, 6.45) is 1.79. The molecule has 0 saturated heterocycles. The molecular formula is C18H21N5O2. The van der Waals surface area contributed by atoms with Gasteiger partial charge in [-0.3, -0.25) is 9.59 Å². The van der Waals surface area contributed by atoms with Gasteiger partial charge in [0.25, 0.3) is 11.5 Å². The van der Waals surface area contributed by atoms with Crippen LogP contribution in [0.5, 0.6) is 0 Å². The highest BCUT2D eigenvalue weighted by molar-refractivity contribution is 5.92. The molecule has 25 heavy (non-hydrogen) atoms. The molecule has 2 heterocycles. The minimum absolute atomic E-state index is 0.199. The molecule has 0 aliphatic carbocycles. The zero-order valence-electron chi connectivity index (χ0n) is 14.3. The summed E-state index contributed by atoms with van der Waals surface area (Å²) in [5.74, 6) is 0.340. The molecule has 2 N–H and O–H groups in total. The third-order valence-electron chi connectivity index (χ3n) is 3.99. The molecule has 0 aliphatic heterocycles. The number of imidazole rings is 1. The maximum Gasteiger partial charge on any atom is 0.272 e. The summed E-state index contributed by atoms with van der Waals surface area (Å²) < 4.78 is 1.34. The lowest BCUT2D eigenvalue weighted by Gasteiger charge is -2.12. The molecule has 3 rings (SSSR count). The fourth-order valence-corrected chi connectivity index (χ4v) is 2.55. The third kappa shape index (κ3) is 3.76. The monoisotopic (exact) mass is 339 g/mol. The molecule has 0 aliphatic rings. The third-order valence-corrected chi connectivity index (χ3v) is 3.99. The molecule has 0 bridgehead atoms. The number of carbonyl (C=O) groups excluding carboxylic acids is 1. The largest absolute Gasteiger partial charge is 0.341 e. The van der Waals surface area contributed by atoms with Gasteiger partial charge in [-0.05, 0) is 31.5 Å². The molecular weight excluding hydrogens is 318 g/mol. The summed E-state index contributed by atoms with van der Waals surface area (Å²) in [6, 6.07) is 10.2. The number of unbranched alkanes of at least 4 members (excludes halogenated alkanes) is 1. The van der Waals surface area contributed by atoms with E-state index >= 15 is 0 Å². The second kappa shape index (κ2) is 7.29. The van der Waals surface area contributed by atoms with Crippen LogP contribution < -0.4 is 10.9 Å². The second-order valence-corrected chi connectivity index (χ2v) is 5.97. The first-order chi connectivity index (χ1) is 12.1. The number of rotatable bonds is 6. The van der Waals surface area contributed by atoms with Gasteiger partial charge in [-0.15, -0.1) is 0 Å². The topological polar surface area (TPSA) is 92.7 Å². The van der Waals surface area contributed by atoms with Crippen molar-refractivity contribution in [2.75, 3.05) is 0 Å². The fourth-order valence-electron chi connectivity index (χ4n) is 2.55. The van der Waals surface area contributed by atoms with E-state index in [1.54, 1.807) is 0 Å². The Morgan fingerprint density at radius 3 is 2.84 bits per heavy atom. The zero-order chi connectivity index (χ0) is 17.8. The molecule has 1 atom stereocenters. The maximum absolute atomic E-state index is 12.5. The van der Waals surface area contributed by atoms with E-state index < -0.39 is 0 Å². The molecule has 7 nitrogen and oxygen atoms in total. The Balaban J connectivity index is 1.75. The first-order valence-electron chi connectivity index (χ1n) is 8.42. The van der Waals surface area contributed by atoms with Crippen molar-refractivity contribution in [3.63, 3.8) is 0 Å². The SMILES string of the molecule is CCCCn1nc(C(=O)N[C@H](C)c2nc3ccccc3[nH]2)ccc1=O. The van der Waals surface area contributed by atoms with Crippen molar-refractivity contribution in [2.24, 2.45) is 0 Å². The summed E-state index contributed by atoms with van der Waals surface area (Å²) >= 11 is 0. The Morgan fingerprint density at radius 1 is 1.28 bits per heavy atom. The number of nitrogens with zero attached hydrogens (tertiary/aromatic N) is 3. The zero-order valence-corrected chi connectivity index (χ0v) is 14.3. The Hall–Kier alpha value is -2.96. The number of carbonyl (C=O) groups is 1. The second-order valence-electron chi connectivity index (χ2n) is 5.97. The van der Waals surface area contributed by atoms with Crippen LogP contribution in [0.25, 0.3) is 11.0 Å². The molecule has 1 aromatic carbocycles. The minimum Gasteiger partial charge on any atom is -0.341 e. The first-order valence-corrected chi connectivity index (χ1v) is 8.42. The molecule has 0 unspecified atom stereocenters. The summed E-state index contributed by atoms with van der Waals surface area (Å²) in [6.45, 7) is 4.40. The molecule has 0 radical (unpaired) electrons. The molecule has 130 valence electrons. The van der Waals surface area contributed by atoms with Gasteiger partial charge in [-0.25, -0.2) is 9.67 Å². The molecule has 1 amide bonds. The maximum atomic E-state index is 12.5. The van der Waals surface area contributed by atoms with E-state index in [1.807, 2.05) is 38.1 Å². The van der Waals surface area contributed by atoms with Crippen LogP contribution in [0, 0.1) is 0 Å². The van der Waals surface area contributed by atoms with Gasteiger partial charge in [0.2, 0.25) is 0 Å². The van der Waals surface area contributed by atoms with Gasteiger partial charge in [0.1, 0.15) is 11.5 Å². The van der Waals surface area contributed by atoms with Gasteiger partial charge in [0, 0.05) is 12.6 Å². The molecule has 2 aromatic heterocycles. The Labute approximate surface area is 145 Å². The van der Waals surface area contributed by atoms with Gasteiger partial charge in [-0.1, -0.05) is 25.5 Å². The lowest BCUT2D eigenvalue weighted by Crippen LogP contribution is -2.31. The number of fused-ring (bicyclic) bond motifs is 1. The lowest BCUT2D eigenvalue weighted by molar-refractivity contribution is 0.0930. The van der Waals surface area contributed by atoms with E-state index in [1.165, 1.54) is 16.8 Å². The smallest absolute Gasteiger partial charge is 0.272 e. The summed E-state index contributed by atoms with van der Waals surface area (Å²) in [4.78, 5) is 31.9. The van der Waals surface area contributed by atoms with Crippen LogP contribution in [-0.4, -0.2) is 25.7 Å². The number of hydrogen-bond acceptors (Lipinski definition) is 4. The van der Waals surface area contributed by atoms with Crippen molar-refractivity contribution in [3.05, 3.63) is 58.3 Å². The number of nitrogens with one attached hydrogen (secondary N) is 2. The first kappa shape index (κ1) is 16.9. The summed E-state index contributed by atoms with van der Waals surface area (Å²) in [5, 5.41) is 7.03. The van der Waals surface area contributed by atoms with Gasteiger partial charge >= 0.3 is 0 Å². The number of para-hydroxylation sites is 2. The van der Waals surface area contributed by atoms with Crippen molar-refractivity contribution in [2.45, 2.75) is 39.3 Å². The minimum atomic E-state index is -0.335. The van der Waals surface area contributed by atoms with E-state index in [9.17, 15) is 9.59 Å². The van der Waals surface area contributed by atoms with E-state index in [4.69, 9.17) is 0 Å². The van der Waals surface area contributed by atoms with Crippen molar-refractivity contribution in [1.82, 2.24) is 25.1 Å². The van der Waals surface area contributed by atoms with E-state index in [0.717, 1.165) is 23.9 Å². The Bertz CT molecular complexity index is 911. The summed E-state index contributed by atoms with van der Waals surface area (Å²) in [7, 11) is 0. The fraction of sp³-hybridized carbons (Fsp3) is 0.333. The van der Waals surface area contributed by atoms with Crippen LogP contribution in [-0.2, 0) is 6.54 Å². The highest BCUT2D eigenvalue weighted by atomic mass is 16.2. The molecule has 0 fully saturated rings.